The fraction of sp³-hybridized carbons (Fsp3) is 0.0667. The van der Waals surface area contributed by atoms with Crippen molar-refractivity contribution < 1.29 is 19.4 Å². The van der Waals surface area contributed by atoms with Crippen molar-refractivity contribution in [3.8, 4) is 5.75 Å². The number of nitro benzene ring substituents is 2. The van der Waals surface area contributed by atoms with Gasteiger partial charge in [-0.05, 0) is 28.1 Å². The number of carbonyl (C=O) groups excluding carboxylic acids is 1. The third kappa shape index (κ3) is 5.72. The molecule has 140 valence electrons. The van der Waals surface area contributed by atoms with Gasteiger partial charge in [-0.2, -0.15) is 5.10 Å². The molecule has 0 spiro atoms. The topological polar surface area (TPSA) is 137 Å². The molecule has 2 aromatic carbocycles. The minimum absolute atomic E-state index is 0.0109. The largest absolute Gasteiger partial charge is 0.483 e. The number of ether oxygens (including phenoxy) is 1. The van der Waals surface area contributed by atoms with E-state index in [1.54, 1.807) is 0 Å². The van der Waals surface area contributed by atoms with Crippen LogP contribution in [0.1, 0.15) is 5.56 Å². The number of non-ortho nitro benzene ring substituents is 1. The number of nitrogens with zero attached hydrogens (tertiary/aromatic N) is 3. The van der Waals surface area contributed by atoms with Gasteiger partial charge in [-0.1, -0.05) is 17.7 Å². The Labute approximate surface area is 165 Å². The molecule has 0 aliphatic carbocycles. The van der Waals surface area contributed by atoms with Crippen LogP contribution in [0.2, 0.25) is 5.02 Å². The summed E-state index contributed by atoms with van der Waals surface area (Å²) >= 11 is 8.82. The van der Waals surface area contributed by atoms with Crippen LogP contribution in [-0.2, 0) is 4.79 Å². The fourth-order valence-electron chi connectivity index (χ4n) is 1.82. The molecule has 12 heteroatoms. The van der Waals surface area contributed by atoms with Crippen LogP contribution in [-0.4, -0.2) is 28.6 Å². The molecule has 0 heterocycles. The summed E-state index contributed by atoms with van der Waals surface area (Å²) < 4.78 is 5.56. The van der Waals surface area contributed by atoms with Crippen LogP contribution in [0.25, 0.3) is 0 Å². The normalized spacial score (nSPS) is 10.6. The van der Waals surface area contributed by atoms with Crippen molar-refractivity contribution in [3.05, 3.63) is 71.7 Å². The zero-order valence-electron chi connectivity index (χ0n) is 13.3. The molecule has 27 heavy (non-hydrogen) atoms. The molecule has 0 saturated carbocycles. The van der Waals surface area contributed by atoms with Gasteiger partial charge in [0, 0.05) is 23.8 Å². The van der Waals surface area contributed by atoms with Crippen LogP contribution in [0.5, 0.6) is 5.75 Å². The Morgan fingerprint density at radius 3 is 2.59 bits per heavy atom. The lowest BCUT2D eigenvalue weighted by Gasteiger charge is -2.06. The highest BCUT2D eigenvalue weighted by Gasteiger charge is 2.12. The van der Waals surface area contributed by atoms with E-state index in [4.69, 9.17) is 16.3 Å². The van der Waals surface area contributed by atoms with Crippen molar-refractivity contribution in [2.45, 2.75) is 0 Å². The Balaban J connectivity index is 1.91. The second-order valence-corrected chi connectivity index (χ2v) is 6.18. The number of hydrogen-bond donors (Lipinski definition) is 1. The zero-order valence-corrected chi connectivity index (χ0v) is 15.6. The molecular weight excluding hydrogens is 448 g/mol. The van der Waals surface area contributed by atoms with Gasteiger partial charge in [0.15, 0.2) is 6.61 Å². The van der Waals surface area contributed by atoms with Gasteiger partial charge in [0.05, 0.1) is 20.5 Å². The number of nitro groups is 2. The molecule has 1 amide bonds. The smallest absolute Gasteiger partial charge is 0.288 e. The first-order valence-corrected chi connectivity index (χ1v) is 8.27. The molecule has 0 aliphatic rings. The van der Waals surface area contributed by atoms with Crippen LogP contribution in [0.4, 0.5) is 11.4 Å². The minimum Gasteiger partial charge on any atom is -0.483 e. The van der Waals surface area contributed by atoms with Crippen molar-refractivity contribution >= 4 is 51.0 Å². The average molecular weight is 458 g/mol. The van der Waals surface area contributed by atoms with Crippen LogP contribution in [0, 0.1) is 20.2 Å². The lowest BCUT2D eigenvalue weighted by atomic mass is 10.2. The lowest BCUT2D eigenvalue weighted by Crippen LogP contribution is -2.24. The van der Waals surface area contributed by atoms with Crippen molar-refractivity contribution in [2.75, 3.05) is 6.61 Å². The Bertz CT molecular complexity index is 937. The predicted molar refractivity (Wildman–Crippen MR) is 100 cm³/mol. The lowest BCUT2D eigenvalue weighted by molar-refractivity contribution is -0.385. The van der Waals surface area contributed by atoms with Crippen molar-refractivity contribution in [1.29, 1.82) is 0 Å². The Hall–Kier alpha value is -3.05. The predicted octanol–water partition coefficient (Wildman–Crippen LogP) is 3.45. The molecule has 10 nitrogen and oxygen atoms in total. The molecule has 0 unspecified atom stereocenters. The van der Waals surface area contributed by atoms with E-state index in [1.807, 2.05) is 0 Å². The highest BCUT2D eigenvalue weighted by atomic mass is 79.9. The monoisotopic (exact) mass is 456 g/mol. The summed E-state index contributed by atoms with van der Waals surface area (Å²) in [6, 6.07) is 7.89. The maximum atomic E-state index is 11.7. The van der Waals surface area contributed by atoms with E-state index in [2.05, 4.69) is 26.5 Å². The molecule has 0 bridgehead atoms. The fourth-order valence-corrected chi connectivity index (χ4v) is 2.49. The maximum absolute atomic E-state index is 11.7. The second-order valence-electron chi connectivity index (χ2n) is 4.92. The molecule has 0 aliphatic heterocycles. The molecule has 2 aromatic rings. The van der Waals surface area contributed by atoms with Crippen LogP contribution >= 0.6 is 27.5 Å². The first kappa shape index (κ1) is 20.3. The van der Waals surface area contributed by atoms with E-state index in [-0.39, 0.29) is 22.1 Å². The summed E-state index contributed by atoms with van der Waals surface area (Å²) in [6.45, 7) is -0.394. The van der Waals surface area contributed by atoms with Gasteiger partial charge in [-0.15, -0.1) is 0 Å². The van der Waals surface area contributed by atoms with E-state index in [0.29, 0.717) is 10.0 Å². The molecule has 0 atom stereocenters. The van der Waals surface area contributed by atoms with Gasteiger partial charge in [0.25, 0.3) is 17.3 Å². The zero-order chi connectivity index (χ0) is 20.0. The molecule has 0 saturated heterocycles. The average Bonchev–Trinajstić information content (AvgIpc) is 2.61. The summed E-state index contributed by atoms with van der Waals surface area (Å²) in [5, 5.41) is 25.1. The van der Waals surface area contributed by atoms with E-state index in [1.165, 1.54) is 42.6 Å². The van der Waals surface area contributed by atoms with Crippen molar-refractivity contribution in [3.63, 3.8) is 0 Å². The quantitative estimate of drug-likeness (QED) is 0.384. The number of carbonyl (C=O) groups is 1. The molecule has 0 fully saturated rings. The Morgan fingerprint density at radius 2 is 1.96 bits per heavy atom. The third-order valence-electron chi connectivity index (χ3n) is 3.05. The van der Waals surface area contributed by atoms with Crippen LogP contribution in [0.3, 0.4) is 0 Å². The summed E-state index contributed by atoms with van der Waals surface area (Å²) in [7, 11) is 0. The van der Waals surface area contributed by atoms with Crippen LogP contribution in [0.15, 0.2) is 46.0 Å². The van der Waals surface area contributed by atoms with Gasteiger partial charge in [0.2, 0.25) is 0 Å². The second kappa shape index (κ2) is 9.05. The highest BCUT2D eigenvalue weighted by molar-refractivity contribution is 9.10. The minimum atomic E-state index is -0.631. The van der Waals surface area contributed by atoms with E-state index in [0.717, 1.165) is 0 Å². The summed E-state index contributed by atoms with van der Waals surface area (Å²) in [6.07, 6.45) is 1.21. The van der Waals surface area contributed by atoms with E-state index >= 15 is 0 Å². The number of halogens is 2. The number of amides is 1. The van der Waals surface area contributed by atoms with Gasteiger partial charge in [0.1, 0.15) is 10.8 Å². The van der Waals surface area contributed by atoms with Crippen molar-refractivity contribution in [1.82, 2.24) is 5.43 Å². The number of nitrogens with one attached hydrogen (secondary N) is 1. The van der Waals surface area contributed by atoms with Gasteiger partial charge in [-0.25, -0.2) is 5.43 Å². The maximum Gasteiger partial charge on any atom is 0.288 e. The number of rotatable bonds is 7. The van der Waals surface area contributed by atoms with E-state index in [9.17, 15) is 25.0 Å². The number of hydrazone groups is 1. The highest BCUT2D eigenvalue weighted by Crippen LogP contribution is 2.29. The Morgan fingerprint density at radius 1 is 1.22 bits per heavy atom. The number of benzene rings is 2. The van der Waals surface area contributed by atoms with Crippen molar-refractivity contribution in [2.24, 2.45) is 5.10 Å². The van der Waals surface area contributed by atoms with Gasteiger partial charge < -0.3 is 4.74 Å². The summed E-state index contributed by atoms with van der Waals surface area (Å²) in [5.41, 5.74) is 2.15. The van der Waals surface area contributed by atoms with E-state index < -0.39 is 22.4 Å². The molecule has 1 N–H and O–H groups in total. The van der Waals surface area contributed by atoms with Crippen LogP contribution < -0.4 is 10.2 Å². The van der Waals surface area contributed by atoms with Gasteiger partial charge >= 0.3 is 0 Å². The molecule has 0 aromatic heterocycles. The number of hydrogen-bond acceptors (Lipinski definition) is 7. The summed E-state index contributed by atoms with van der Waals surface area (Å²) in [5.74, 6) is -0.354. The van der Waals surface area contributed by atoms with Gasteiger partial charge in [-0.3, -0.25) is 25.0 Å². The third-order valence-corrected chi connectivity index (χ3v) is 3.99. The molecule has 2 rings (SSSR count). The molecule has 0 radical (unpaired) electrons. The first-order chi connectivity index (χ1) is 12.8. The molecular formula is C15H10BrClN4O6. The Kier molecular flexibility index (Phi) is 6.79. The first-order valence-electron chi connectivity index (χ1n) is 7.10. The summed E-state index contributed by atoms with van der Waals surface area (Å²) in [4.78, 5) is 32.0. The standard InChI is InChI=1S/C15H10BrClN4O6/c16-11-6-10(20(23)24)2-4-14(11)27-8-15(22)19-18-7-9-1-3-12(17)13(5-9)21(25)26/h1-7H,8H2,(H,19,22)/b18-7+. The SMILES string of the molecule is O=C(COc1ccc([N+](=O)[O-])cc1Br)N/N=C/c1ccc(Cl)c([N+](=O)[O-])c1.